The highest BCUT2D eigenvalue weighted by Gasteiger charge is 2.04. The molecule has 20 heavy (non-hydrogen) atoms. The number of rotatable bonds is 8. The number of hydrogen-bond donors (Lipinski definition) is 2. The van der Waals surface area contributed by atoms with Gasteiger partial charge in [-0.1, -0.05) is 18.2 Å². The first kappa shape index (κ1) is 18.7. The maximum atomic E-state index is 11.5. The summed E-state index contributed by atoms with van der Waals surface area (Å²) in [7, 11) is 1.88. The van der Waals surface area contributed by atoms with E-state index in [9.17, 15) is 4.79 Å². The van der Waals surface area contributed by atoms with Gasteiger partial charge in [0.2, 0.25) is 5.91 Å². The van der Waals surface area contributed by atoms with Crippen LogP contribution in [-0.2, 0) is 4.79 Å². The van der Waals surface area contributed by atoms with Gasteiger partial charge in [0.05, 0.1) is 6.61 Å². The SMILES string of the molecule is CNC(C)CNC(=O)CCCOc1ccccc1C.Cl. The number of nitrogens with one attached hydrogen (secondary N) is 2. The first-order chi connectivity index (χ1) is 9.13. The monoisotopic (exact) mass is 300 g/mol. The fraction of sp³-hybridized carbons (Fsp3) is 0.533. The summed E-state index contributed by atoms with van der Waals surface area (Å²) >= 11 is 0. The van der Waals surface area contributed by atoms with Crippen molar-refractivity contribution in [1.29, 1.82) is 0 Å². The molecule has 0 saturated carbocycles. The van der Waals surface area contributed by atoms with E-state index in [1.807, 2.05) is 45.2 Å². The lowest BCUT2D eigenvalue weighted by Crippen LogP contribution is -2.37. The van der Waals surface area contributed by atoms with Gasteiger partial charge in [-0.3, -0.25) is 4.79 Å². The van der Waals surface area contributed by atoms with Crippen LogP contribution in [0.1, 0.15) is 25.3 Å². The number of likely N-dealkylation sites (N-methyl/N-ethyl adjacent to an activating group) is 1. The Balaban J connectivity index is 0.00000361. The number of para-hydroxylation sites is 1. The van der Waals surface area contributed by atoms with Crippen LogP contribution < -0.4 is 15.4 Å². The molecule has 0 heterocycles. The molecular formula is C15H25ClN2O2. The summed E-state index contributed by atoms with van der Waals surface area (Å²) < 4.78 is 5.64. The van der Waals surface area contributed by atoms with Crippen molar-refractivity contribution in [3.63, 3.8) is 0 Å². The molecule has 1 aromatic rings. The van der Waals surface area contributed by atoms with Crippen LogP contribution in [0.5, 0.6) is 5.75 Å². The molecule has 4 nitrogen and oxygen atoms in total. The van der Waals surface area contributed by atoms with E-state index in [4.69, 9.17) is 4.74 Å². The number of amides is 1. The third-order valence-corrected chi connectivity index (χ3v) is 3.00. The number of halogens is 1. The molecule has 0 bridgehead atoms. The van der Waals surface area contributed by atoms with Crippen molar-refractivity contribution in [2.75, 3.05) is 20.2 Å². The topological polar surface area (TPSA) is 50.4 Å². The Morgan fingerprint density at radius 1 is 1.35 bits per heavy atom. The van der Waals surface area contributed by atoms with Gasteiger partial charge in [-0.05, 0) is 38.9 Å². The molecule has 0 aliphatic carbocycles. The molecule has 0 fully saturated rings. The smallest absolute Gasteiger partial charge is 0.220 e. The van der Waals surface area contributed by atoms with Crippen molar-refractivity contribution in [1.82, 2.24) is 10.6 Å². The predicted molar refractivity (Wildman–Crippen MR) is 84.7 cm³/mol. The van der Waals surface area contributed by atoms with Gasteiger partial charge in [0.25, 0.3) is 0 Å². The highest BCUT2D eigenvalue weighted by atomic mass is 35.5. The number of carbonyl (C=O) groups is 1. The van der Waals surface area contributed by atoms with E-state index in [2.05, 4.69) is 10.6 Å². The quantitative estimate of drug-likeness (QED) is 0.724. The largest absolute Gasteiger partial charge is 0.493 e. The Hall–Kier alpha value is -1.26. The molecule has 1 atom stereocenters. The van der Waals surface area contributed by atoms with Crippen LogP contribution >= 0.6 is 12.4 Å². The van der Waals surface area contributed by atoms with Crippen molar-refractivity contribution >= 4 is 18.3 Å². The molecule has 2 N–H and O–H groups in total. The van der Waals surface area contributed by atoms with Crippen molar-refractivity contribution in [2.45, 2.75) is 32.7 Å². The molecule has 0 spiro atoms. The predicted octanol–water partition coefficient (Wildman–Crippen LogP) is 2.30. The second-order valence-corrected chi connectivity index (χ2v) is 4.71. The first-order valence-electron chi connectivity index (χ1n) is 6.76. The molecule has 0 aliphatic heterocycles. The highest BCUT2D eigenvalue weighted by molar-refractivity contribution is 5.85. The van der Waals surface area contributed by atoms with Crippen LogP contribution in [0, 0.1) is 6.92 Å². The van der Waals surface area contributed by atoms with Crippen molar-refractivity contribution in [3.05, 3.63) is 29.8 Å². The van der Waals surface area contributed by atoms with Crippen LogP contribution in [0.15, 0.2) is 24.3 Å². The molecular weight excluding hydrogens is 276 g/mol. The van der Waals surface area contributed by atoms with E-state index < -0.39 is 0 Å². The molecule has 1 aromatic carbocycles. The number of carbonyl (C=O) groups excluding carboxylic acids is 1. The minimum Gasteiger partial charge on any atom is -0.493 e. The molecule has 1 rings (SSSR count). The minimum absolute atomic E-state index is 0. The van der Waals surface area contributed by atoms with E-state index in [0.29, 0.717) is 25.6 Å². The lowest BCUT2D eigenvalue weighted by molar-refractivity contribution is -0.121. The zero-order valence-corrected chi connectivity index (χ0v) is 13.3. The van der Waals surface area contributed by atoms with Crippen LogP contribution in [0.3, 0.4) is 0 Å². The summed E-state index contributed by atoms with van der Waals surface area (Å²) in [5.74, 6) is 0.974. The molecule has 5 heteroatoms. The third-order valence-electron chi connectivity index (χ3n) is 3.00. The molecule has 0 radical (unpaired) electrons. The Bertz CT molecular complexity index is 399. The average Bonchev–Trinajstić information content (AvgIpc) is 2.42. The zero-order chi connectivity index (χ0) is 14.1. The van der Waals surface area contributed by atoms with Crippen molar-refractivity contribution < 1.29 is 9.53 Å². The van der Waals surface area contributed by atoms with Gasteiger partial charge < -0.3 is 15.4 Å². The molecule has 0 aromatic heterocycles. The van der Waals surface area contributed by atoms with Gasteiger partial charge in [-0.25, -0.2) is 0 Å². The summed E-state index contributed by atoms with van der Waals surface area (Å²) in [6.45, 7) is 5.27. The molecule has 0 saturated heterocycles. The lowest BCUT2D eigenvalue weighted by atomic mass is 10.2. The Morgan fingerprint density at radius 2 is 2.05 bits per heavy atom. The summed E-state index contributed by atoms with van der Waals surface area (Å²) in [5, 5.41) is 5.96. The van der Waals surface area contributed by atoms with Crippen molar-refractivity contribution in [3.8, 4) is 5.75 Å². The van der Waals surface area contributed by atoms with Gasteiger partial charge in [0.1, 0.15) is 5.75 Å². The van der Waals surface area contributed by atoms with Gasteiger partial charge in [0.15, 0.2) is 0 Å². The average molecular weight is 301 g/mol. The Morgan fingerprint density at radius 3 is 2.70 bits per heavy atom. The lowest BCUT2D eigenvalue weighted by Gasteiger charge is -2.12. The maximum absolute atomic E-state index is 11.5. The van der Waals surface area contributed by atoms with Gasteiger partial charge in [0, 0.05) is 19.0 Å². The number of ether oxygens (including phenoxy) is 1. The fourth-order valence-electron chi connectivity index (χ4n) is 1.59. The highest BCUT2D eigenvalue weighted by Crippen LogP contribution is 2.16. The summed E-state index contributed by atoms with van der Waals surface area (Å²) in [6.07, 6.45) is 1.23. The van der Waals surface area contributed by atoms with Crippen LogP contribution in [0.2, 0.25) is 0 Å². The Kier molecular flexibility index (Phi) is 9.86. The molecule has 0 aliphatic rings. The normalized spacial score (nSPS) is 11.3. The summed E-state index contributed by atoms with van der Waals surface area (Å²) in [5.41, 5.74) is 1.12. The maximum Gasteiger partial charge on any atom is 0.220 e. The number of hydrogen-bond acceptors (Lipinski definition) is 3. The summed E-state index contributed by atoms with van der Waals surface area (Å²) in [4.78, 5) is 11.5. The third kappa shape index (κ3) is 7.36. The van der Waals surface area contributed by atoms with E-state index in [1.165, 1.54) is 0 Å². The Labute approximate surface area is 127 Å². The second-order valence-electron chi connectivity index (χ2n) is 4.71. The van der Waals surface area contributed by atoms with Crippen LogP contribution in [-0.4, -0.2) is 32.1 Å². The zero-order valence-electron chi connectivity index (χ0n) is 12.4. The standard InChI is InChI=1S/C15H24N2O2.ClH/c1-12-7-4-5-8-14(12)19-10-6-9-15(18)17-11-13(2)16-3;/h4-5,7-8,13,16H,6,9-11H2,1-3H3,(H,17,18);1H. The number of benzene rings is 1. The van der Waals surface area contributed by atoms with Crippen LogP contribution in [0.4, 0.5) is 0 Å². The second kappa shape index (κ2) is 10.5. The summed E-state index contributed by atoms with van der Waals surface area (Å²) in [6, 6.07) is 8.20. The van der Waals surface area contributed by atoms with E-state index >= 15 is 0 Å². The molecule has 1 amide bonds. The van der Waals surface area contributed by atoms with Crippen molar-refractivity contribution in [2.24, 2.45) is 0 Å². The van der Waals surface area contributed by atoms with Crippen LogP contribution in [0.25, 0.3) is 0 Å². The van der Waals surface area contributed by atoms with Gasteiger partial charge >= 0.3 is 0 Å². The van der Waals surface area contributed by atoms with Gasteiger partial charge in [-0.15, -0.1) is 12.4 Å². The van der Waals surface area contributed by atoms with E-state index in [0.717, 1.165) is 17.7 Å². The number of aryl methyl sites for hydroxylation is 1. The molecule has 1 unspecified atom stereocenters. The fourth-order valence-corrected chi connectivity index (χ4v) is 1.59. The minimum atomic E-state index is 0. The first-order valence-corrected chi connectivity index (χ1v) is 6.76. The van der Waals surface area contributed by atoms with E-state index in [1.54, 1.807) is 0 Å². The van der Waals surface area contributed by atoms with Gasteiger partial charge in [-0.2, -0.15) is 0 Å². The molecule has 114 valence electrons. The van der Waals surface area contributed by atoms with E-state index in [-0.39, 0.29) is 18.3 Å².